The van der Waals surface area contributed by atoms with Gasteiger partial charge in [0, 0.05) is 4.88 Å². The van der Waals surface area contributed by atoms with Crippen LogP contribution in [0.4, 0.5) is 4.79 Å². The van der Waals surface area contributed by atoms with Crippen molar-refractivity contribution < 1.29 is 9.59 Å². The lowest BCUT2D eigenvalue weighted by Crippen LogP contribution is -2.45. The molecule has 1 aliphatic heterocycles. The predicted octanol–water partition coefficient (Wildman–Crippen LogP) is 4.40. The van der Waals surface area contributed by atoms with Crippen LogP contribution in [0.2, 0.25) is 4.34 Å². The molecule has 1 aliphatic rings. The number of nitrogens with zero attached hydrogens (tertiary/aromatic N) is 1. The Hall–Kier alpha value is -2.63. The quantitative estimate of drug-likeness (QED) is 0.680. The molecule has 0 aliphatic carbocycles. The summed E-state index contributed by atoms with van der Waals surface area (Å²) in [6.45, 7) is 0.198. The minimum atomic E-state index is -1.22. The Kier molecular flexibility index (Phi) is 4.26. The zero-order valence-corrected chi connectivity index (χ0v) is 15.3. The second-order valence-corrected chi connectivity index (χ2v) is 7.81. The minimum absolute atomic E-state index is 0.198. The van der Waals surface area contributed by atoms with E-state index in [1.807, 2.05) is 66.7 Å². The molecule has 1 fully saturated rings. The second kappa shape index (κ2) is 6.59. The van der Waals surface area contributed by atoms with E-state index in [0.717, 1.165) is 16.0 Å². The fraction of sp³-hybridized carbons (Fsp3) is 0.100. The van der Waals surface area contributed by atoms with Crippen molar-refractivity contribution in [2.45, 2.75) is 12.1 Å². The molecule has 2 aromatic carbocycles. The average Bonchev–Trinajstić information content (AvgIpc) is 3.20. The first kappa shape index (κ1) is 16.8. The Balaban J connectivity index is 1.80. The maximum absolute atomic E-state index is 13.5. The number of rotatable bonds is 4. The summed E-state index contributed by atoms with van der Waals surface area (Å²) < 4.78 is 0.629. The van der Waals surface area contributed by atoms with E-state index in [4.69, 9.17) is 11.6 Å². The average molecular weight is 383 g/mol. The number of thiophene rings is 1. The van der Waals surface area contributed by atoms with E-state index in [1.165, 1.54) is 16.2 Å². The highest BCUT2D eigenvalue weighted by Crippen LogP contribution is 2.37. The molecule has 1 N–H and O–H groups in total. The molecule has 3 aromatic rings. The van der Waals surface area contributed by atoms with Crippen LogP contribution in [0.15, 0.2) is 72.8 Å². The number of carbonyl (C=O) groups excluding carboxylic acids is 2. The van der Waals surface area contributed by atoms with Crippen LogP contribution in [-0.2, 0) is 16.9 Å². The zero-order valence-electron chi connectivity index (χ0n) is 13.7. The van der Waals surface area contributed by atoms with Crippen molar-refractivity contribution in [2.75, 3.05) is 0 Å². The van der Waals surface area contributed by atoms with Crippen LogP contribution < -0.4 is 5.32 Å². The number of nitrogens with one attached hydrogen (secondary N) is 1. The number of benzene rings is 2. The summed E-state index contributed by atoms with van der Waals surface area (Å²) in [4.78, 5) is 28.3. The van der Waals surface area contributed by atoms with Crippen molar-refractivity contribution in [3.8, 4) is 0 Å². The van der Waals surface area contributed by atoms with E-state index in [0.29, 0.717) is 4.34 Å². The molecule has 4 nitrogen and oxygen atoms in total. The number of halogens is 1. The summed E-state index contributed by atoms with van der Waals surface area (Å²) in [6, 6.07) is 21.8. The molecule has 6 heteroatoms. The van der Waals surface area contributed by atoms with Crippen LogP contribution in [0.25, 0.3) is 0 Å². The Morgan fingerprint density at radius 2 is 1.46 bits per heavy atom. The zero-order chi connectivity index (χ0) is 18.1. The van der Waals surface area contributed by atoms with Crippen molar-refractivity contribution in [1.82, 2.24) is 10.2 Å². The first-order chi connectivity index (χ1) is 12.6. The maximum atomic E-state index is 13.5. The van der Waals surface area contributed by atoms with Gasteiger partial charge in [0.15, 0.2) is 5.54 Å². The fourth-order valence-electron chi connectivity index (χ4n) is 3.25. The van der Waals surface area contributed by atoms with Gasteiger partial charge in [0.25, 0.3) is 5.91 Å². The molecule has 0 saturated carbocycles. The molecule has 4 rings (SSSR count). The molecule has 26 heavy (non-hydrogen) atoms. The molecule has 0 bridgehead atoms. The van der Waals surface area contributed by atoms with E-state index in [-0.39, 0.29) is 12.5 Å². The molecule has 0 radical (unpaired) electrons. The lowest BCUT2D eigenvalue weighted by atomic mass is 9.82. The standard InChI is InChI=1S/C20H15ClN2O2S/c21-17-12-11-16(26-17)13-23-18(24)20(22-19(23)25,14-7-3-1-4-8-14)15-9-5-2-6-10-15/h1-12H,13H2,(H,22,25). The Morgan fingerprint density at radius 3 is 1.96 bits per heavy atom. The van der Waals surface area contributed by atoms with Gasteiger partial charge >= 0.3 is 6.03 Å². The first-order valence-electron chi connectivity index (χ1n) is 8.10. The third kappa shape index (κ3) is 2.69. The minimum Gasteiger partial charge on any atom is -0.315 e. The Bertz CT molecular complexity index is 917. The summed E-state index contributed by atoms with van der Waals surface area (Å²) in [6.07, 6.45) is 0. The van der Waals surface area contributed by atoms with Gasteiger partial charge in [0.1, 0.15) is 0 Å². The molecule has 0 atom stereocenters. The lowest BCUT2D eigenvalue weighted by Gasteiger charge is -2.28. The third-order valence-electron chi connectivity index (χ3n) is 4.46. The number of hydrogen-bond acceptors (Lipinski definition) is 3. The number of hydrogen-bond donors (Lipinski definition) is 1. The van der Waals surface area contributed by atoms with Crippen molar-refractivity contribution in [2.24, 2.45) is 0 Å². The molecule has 1 saturated heterocycles. The Labute approximate surface area is 160 Å². The highest BCUT2D eigenvalue weighted by molar-refractivity contribution is 7.16. The van der Waals surface area contributed by atoms with Gasteiger partial charge in [-0.1, -0.05) is 72.3 Å². The van der Waals surface area contributed by atoms with Gasteiger partial charge in [0.05, 0.1) is 10.9 Å². The monoisotopic (exact) mass is 382 g/mol. The van der Waals surface area contributed by atoms with Crippen LogP contribution in [0.1, 0.15) is 16.0 Å². The molecule has 130 valence electrons. The third-order valence-corrected chi connectivity index (χ3v) is 5.68. The van der Waals surface area contributed by atoms with Gasteiger partial charge in [-0.3, -0.25) is 9.69 Å². The van der Waals surface area contributed by atoms with Gasteiger partial charge in [-0.15, -0.1) is 11.3 Å². The van der Waals surface area contributed by atoms with Gasteiger partial charge in [0.2, 0.25) is 0 Å². The molecule has 0 unspecified atom stereocenters. The number of urea groups is 1. The predicted molar refractivity (Wildman–Crippen MR) is 102 cm³/mol. The van der Waals surface area contributed by atoms with E-state index < -0.39 is 11.6 Å². The Morgan fingerprint density at radius 1 is 0.885 bits per heavy atom. The topological polar surface area (TPSA) is 49.4 Å². The summed E-state index contributed by atoms with van der Waals surface area (Å²) in [5.41, 5.74) is 0.244. The van der Waals surface area contributed by atoms with Crippen molar-refractivity contribution in [3.05, 3.63) is 93.1 Å². The van der Waals surface area contributed by atoms with Gasteiger partial charge in [-0.05, 0) is 23.3 Å². The summed E-state index contributed by atoms with van der Waals surface area (Å²) in [5, 5.41) is 2.94. The largest absolute Gasteiger partial charge is 0.325 e. The summed E-state index contributed by atoms with van der Waals surface area (Å²) >= 11 is 7.34. The normalized spacial score (nSPS) is 16.0. The van der Waals surface area contributed by atoms with Crippen LogP contribution >= 0.6 is 22.9 Å². The smallest absolute Gasteiger partial charge is 0.315 e. The first-order valence-corrected chi connectivity index (χ1v) is 9.30. The molecule has 3 amide bonds. The molecule has 2 heterocycles. The van der Waals surface area contributed by atoms with E-state index >= 15 is 0 Å². The van der Waals surface area contributed by atoms with Gasteiger partial charge < -0.3 is 5.32 Å². The van der Waals surface area contributed by atoms with E-state index in [2.05, 4.69) is 5.32 Å². The van der Waals surface area contributed by atoms with Crippen molar-refractivity contribution in [1.29, 1.82) is 0 Å². The number of amides is 3. The van der Waals surface area contributed by atoms with Crippen molar-refractivity contribution in [3.63, 3.8) is 0 Å². The number of carbonyl (C=O) groups is 2. The lowest BCUT2D eigenvalue weighted by molar-refractivity contribution is -0.130. The second-order valence-electron chi connectivity index (χ2n) is 6.01. The van der Waals surface area contributed by atoms with Crippen LogP contribution in [0, 0.1) is 0 Å². The fourth-order valence-corrected chi connectivity index (χ4v) is 4.32. The SMILES string of the molecule is O=C1NC(c2ccccc2)(c2ccccc2)C(=O)N1Cc1ccc(Cl)s1. The molecule has 1 aromatic heterocycles. The molecule has 0 spiro atoms. The maximum Gasteiger partial charge on any atom is 0.325 e. The molecular formula is C20H15ClN2O2S. The van der Waals surface area contributed by atoms with E-state index in [1.54, 1.807) is 6.07 Å². The number of imide groups is 1. The van der Waals surface area contributed by atoms with Gasteiger partial charge in [-0.25, -0.2) is 4.79 Å². The van der Waals surface area contributed by atoms with Crippen LogP contribution in [0.5, 0.6) is 0 Å². The van der Waals surface area contributed by atoms with Crippen LogP contribution in [0.3, 0.4) is 0 Å². The van der Waals surface area contributed by atoms with E-state index in [9.17, 15) is 9.59 Å². The van der Waals surface area contributed by atoms with Gasteiger partial charge in [-0.2, -0.15) is 0 Å². The summed E-state index contributed by atoms with van der Waals surface area (Å²) in [5.74, 6) is -0.288. The van der Waals surface area contributed by atoms with Crippen molar-refractivity contribution >= 4 is 34.9 Å². The highest BCUT2D eigenvalue weighted by Gasteiger charge is 2.53. The summed E-state index contributed by atoms with van der Waals surface area (Å²) in [7, 11) is 0. The van der Waals surface area contributed by atoms with Crippen LogP contribution in [-0.4, -0.2) is 16.8 Å². The highest BCUT2D eigenvalue weighted by atomic mass is 35.5. The molecular weight excluding hydrogens is 368 g/mol.